The van der Waals surface area contributed by atoms with Crippen LogP contribution in [0.5, 0.6) is 0 Å². The third-order valence-corrected chi connectivity index (χ3v) is 6.72. The summed E-state index contributed by atoms with van der Waals surface area (Å²) in [5, 5.41) is 0. The summed E-state index contributed by atoms with van der Waals surface area (Å²) in [4.78, 5) is 0.163. The van der Waals surface area contributed by atoms with Gasteiger partial charge in [0.2, 0.25) is 10.0 Å². The molecular weight excluding hydrogens is 360 g/mol. The maximum absolute atomic E-state index is 12.5. The van der Waals surface area contributed by atoms with Crippen LogP contribution in [0.3, 0.4) is 0 Å². The quantitative estimate of drug-likeness (QED) is 0.883. The number of aryl methyl sites for hydroxylation is 2. The average molecular weight is 380 g/mol. The first kappa shape index (κ1) is 17.8. The van der Waals surface area contributed by atoms with Gasteiger partial charge in [0.25, 0.3) is 10.0 Å². The molecule has 0 aliphatic carbocycles. The van der Waals surface area contributed by atoms with Gasteiger partial charge in [-0.3, -0.25) is 9.03 Å². The van der Waals surface area contributed by atoms with Gasteiger partial charge >= 0.3 is 0 Å². The maximum atomic E-state index is 12.5. The largest absolute Gasteiger partial charge is 0.280 e. The molecule has 134 valence electrons. The minimum absolute atomic E-state index is 0.163. The van der Waals surface area contributed by atoms with E-state index in [2.05, 4.69) is 4.72 Å². The summed E-state index contributed by atoms with van der Waals surface area (Å²) in [5.41, 5.74) is 2.75. The second-order valence-corrected chi connectivity index (χ2v) is 9.79. The topological polar surface area (TPSA) is 83.6 Å². The van der Waals surface area contributed by atoms with Crippen LogP contribution in [0.2, 0.25) is 0 Å². The minimum atomic E-state index is -3.73. The fourth-order valence-electron chi connectivity index (χ4n) is 2.88. The zero-order valence-corrected chi connectivity index (χ0v) is 15.7. The molecule has 0 spiro atoms. The molecule has 2 aromatic carbocycles. The van der Waals surface area contributed by atoms with E-state index in [1.54, 1.807) is 42.5 Å². The van der Waals surface area contributed by atoms with Crippen LogP contribution in [0, 0.1) is 6.92 Å². The average Bonchev–Trinajstić information content (AvgIpc) is 2.53. The van der Waals surface area contributed by atoms with Gasteiger partial charge in [0.15, 0.2) is 0 Å². The van der Waals surface area contributed by atoms with E-state index in [9.17, 15) is 16.8 Å². The molecule has 2 aromatic rings. The van der Waals surface area contributed by atoms with E-state index >= 15 is 0 Å². The zero-order valence-electron chi connectivity index (χ0n) is 14.1. The zero-order chi connectivity index (χ0) is 18.2. The van der Waals surface area contributed by atoms with Gasteiger partial charge in [-0.2, -0.15) is 0 Å². The number of hydrogen-bond donors (Lipinski definition) is 1. The first-order chi connectivity index (χ1) is 11.7. The summed E-state index contributed by atoms with van der Waals surface area (Å²) in [7, 11) is -7.13. The van der Waals surface area contributed by atoms with E-state index in [-0.39, 0.29) is 4.90 Å². The lowest BCUT2D eigenvalue weighted by Crippen LogP contribution is -2.34. The predicted octanol–water partition coefficient (Wildman–Crippen LogP) is 2.51. The Bertz CT molecular complexity index is 997. The Balaban J connectivity index is 1.95. The third kappa shape index (κ3) is 3.80. The van der Waals surface area contributed by atoms with Gasteiger partial charge in [-0.25, -0.2) is 16.8 Å². The van der Waals surface area contributed by atoms with Crippen LogP contribution in [0.1, 0.15) is 17.5 Å². The molecule has 8 heteroatoms. The second-order valence-electron chi connectivity index (χ2n) is 6.20. The van der Waals surface area contributed by atoms with Gasteiger partial charge in [-0.05, 0) is 49.6 Å². The number of hydrogen-bond acceptors (Lipinski definition) is 4. The highest BCUT2D eigenvalue weighted by Gasteiger charge is 2.25. The summed E-state index contributed by atoms with van der Waals surface area (Å²) >= 11 is 0. The third-order valence-electron chi connectivity index (χ3n) is 4.15. The molecule has 0 saturated heterocycles. The Morgan fingerprint density at radius 3 is 2.32 bits per heavy atom. The van der Waals surface area contributed by atoms with Crippen molar-refractivity contribution in [2.45, 2.75) is 24.7 Å². The van der Waals surface area contributed by atoms with E-state index in [0.717, 1.165) is 30.2 Å². The van der Waals surface area contributed by atoms with Crippen molar-refractivity contribution in [3.8, 4) is 0 Å². The molecule has 0 aromatic heterocycles. The molecule has 0 unspecified atom stereocenters. The van der Waals surface area contributed by atoms with Crippen molar-refractivity contribution in [2.24, 2.45) is 0 Å². The highest BCUT2D eigenvalue weighted by Crippen LogP contribution is 2.32. The molecular formula is C17H20N2O4S2. The molecule has 0 amide bonds. The highest BCUT2D eigenvalue weighted by atomic mass is 32.2. The molecule has 0 atom stereocenters. The molecule has 0 saturated carbocycles. The summed E-state index contributed by atoms with van der Waals surface area (Å²) in [6, 6.07) is 11.6. The van der Waals surface area contributed by atoms with Gasteiger partial charge in [0.1, 0.15) is 0 Å². The van der Waals surface area contributed by atoms with E-state index in [1.165, 1.54) is 4.31 Å². The Morgan fingerprint density at radius 1 is 1.00 bits per heavy atom. The van der Waals surface area contributed by atoms with Gasteiger partial charge in [-0.1, -0.05) is 23.8 Å². The van der Waals surface area contributed by atoms with Crippen LogP contribution in [0.4, 0.5) is 11.4 Å². The Hall–Kier alpha value is -2.06. The van der Waals surface area contributed by atoms with Crippen molar-refractivity contribution in [3.05, 3.63) is 53.6 Å². The van der Waals surface area contributed by atoms with Crippen LogP contribution in [0.15, 0.2) is 47.4 Å². The van der Waals surface area contributed by atoms with E-state index in [0.29, 0.717) is 17.9 Å². The van der Waals surface area contributed by atoms with Crippen LogP contribution in [0.25, 0.3) is 0 Å². The molecule has 1 aliphatic heterocycles. The van der Waals surface area contributed by atoms with Crippen LogP contribution in [-0.4, -0.2) is 29.6 Å². The predicted molar refractivity (Wildman–Crippen MR) is 98.9 cm³/mol. The lowest BCUT2D eigenvalue weighted by Gasteiger charge is -2.29. The van der Waals surface area contributed by atoms with E-state index in [4.69, 9.17) is 0 Å². The number of fused-ring (bicyclic) bond motifs is 1. The van der Waals surface area contributed by atoms with Crippen molar-refractivity contribution in [1.29, 1.82) is 0 Å². The van der Waals surface area contributed by atoms with Gasteiger partial charge in [-0.15, -0.1) is 0 Å². The number of benzene rings is 2. The summed E-state index contributed by atoms with van der Waals surface area (Å²) in [5.74, 6) is 0. The fraction of sp³-hybridized carbons (Fsp3) is 0.294. The number of sulfonamides is 2. The smallest absolute Gasteiger partial charge is 0.261 e. The SMILES string of the molecule is Cc1ccc(S(=O)(=O)Nc2ccc3c(c2)N(S(C)(=O)=O)CCC3)cc1. The van der Waals surface area contributed by atoms with Crippen molar-refractivity contribution < 1.29 is 16.8 Å². The highest BCUT2D eigenvalue weighted by molar-refractivity contribution is 7.92. The van der Waals surface area contributed by atoms with E-state index < -0.39 is 20.0 Å². The van der Waals surface area contributed by atoms with Crippen molar-refractivity contribution >= 4 is 31.4 Å². The maximum Gasteiger partial charge on any atom is 0.261 e. The molecule has 0 radical (unpaired) electrons. The minimum Gasteiger partial charge on any atom is -0.280 e. The lowest BCUT2D eigenvalue weighted by molar-refractivity contribution is 0.592. The molecule has 0 fully saturated rings. The van der Waals surface area contributed by atoms with Gasteiger partial charge < -0.3 is 0 Å². The van der Waals surface area contributed by atoms with Gasteiger partial charge in [0.05, 0.1) is 22.5 Å². The Morgan fingerprint density at radius 2 is 1.68 bits per heavy atom. The molecule has 25 heavy (non-hydrogen) atoms. The van der Waals surface area contributed by atoms with E-state index in [1.807, 2.05) is 6.92 Å². The number of nitrogens with one attached hydrogen (secondary N) is 1. The van der Waals surface area contributed by atoms with Crippen molar-refractivity contribution in [2.75, 3.05) is 21.8 Å². The molecule has 1 aliphatic rings. The first-order valence-electron chi connectivity index (χ1n) is 7.87. The summed E-state index contributed by atoms with van der Waals surface area (Å²) in [6.45, 7) is 2.28. The first-order valence-corrected chi connectivity index (χ1v) is 11.2. The van der Waals surface area contributed by atoms with Gasteiger partial charge in [0, 0.05) is 6.54 Å². The van der Waals surface area contributed by atoms with Crippen LogP contribution >= 0.6 is 0 Å². The van der Waals surface area contributed by atoms with Crippen LogP contribution in [-0.2, 0) is 26.5 Å². The molecule has 1 heterocycles. The fourth-order valence-corrected chi connectivity index (χ4v) is 4.92. The number of nitrogens with zero attached hydrogens (tertiary/aromatic N) is 1. The summed E-state index contributed by atoms with van der Waals surface area (Å²) in [6.07, 6.45) is 2.67. The number of anilines is 2. The molecule has 3 rings (SSSR count). The molecule has 6 nitrogen and oxygen atoms in total. The molecule has 0 bridgehead atoms. The Labute approximate surface area is 148 Å². The summed E-state index contributed by atoms with van der Waals surface area (Å²) < 4.78 is 52.9. The number of rotatable bonds is 4. The Kier molecular flexibility index (Phi) is 4.51. The lowest BCUT2D eigenvalue weighted by atomic mass is 10.0. The van der Waals surface area contributed by atoms with Crippen molar-refractivity contribution in [1.82, 2.24) is 0 Å². The van der Waals surface area contributed by atoms with Crippen LogP contribution < -0.4 is 9.03 Å². The second kappa shape index (κ2) is 6.34. The monoisotopic (exact) mass is 380 g/mol. The normalized spacial score (nSPS) is 14.9. The standard InChI is InChI=1S/C17H20N2O4S2/c1-13-5-9-16(10-6-13)25(22,23)18-15-8-7-14-4-3-11-19(17(14)12-15)24(2,20)21/h5-10,12,18H,3-4,11H2,1-2H3. The van der Waals surface area contributed by atoms with Crippen molar-refractivity contribution in [3.63, 3.8) is 0 Å². The molecule has 1 N–H and O–H groups in total.